The molecule has 0 amide bonds. The number of nitrogens with one attached hydrogen (secondary N) is 1. The molecule has 1 aliphatic rings. The molecule has 0 saturated carbocycles. The topological polar surface area (TPSA) is 76.5 Å². The van der Waals surface area contributed by atoms with Gasteiger partial charge in [-0.1, -0.05) is 0 Å². The maximum Gasteiger partial charge on any atom is 0.259 e. The van der Waals surface area contributed by atoms with Gasteiger partial charge in [-0.25, -0.2) is 18.1 Å². The van der Waals surface area contributed by atoms with Crippen molar-refractivity contribution in [2.24, 2.45) is 7.05 Å². The van der Waals surface area contributed by atoms with Crippen LogP contribution in [-0.4, -0.2) is 62.3 Å². The lowest BCUT2D eigenvalue weighted by atomic mass is 10.3. The van der Waals surface area contributed by atoms with Crippen LogP contribution in [0.2, 0.25) is 0 Å². The Kier molecular flexibility index (Phi) is 7.08. The molecular formula is C12H23ClN4O3S. The van der Waals surface area contributed by atoms with E-state index in [9.17, 15) is 8.42 Å². The van der Waals surface area contributed by atoms with Gasteiger partial charge in [-0.05, 0) is 19.9 Å². The number of ether oxygens (including phenoxy) is 1. The summed E-state index contributed by atoms with van der Waals surface area (Å²) in [6, 6.07) is 0. The highest BCUT2D eigenvalue weighted by Crippen LogP contribution is 2.07. The fourth-order valence-corrected chi connectivity index (χ4v) is 3.17. The molecule has 1 N–H and O–H groups in total. The smallest absolute Gasteiger partial charge is 0.259 e. The normalized spacial score (nSPS) is 16.7. The summed E-state index contributed by atoms with van der Waals surface area (Å²) in [4.78, 5) is 6.32. The maximum atomic E-state index is 12.0. The molecule has 0 bridgehead atoms. The molecule has 1 aliphatic heterocycles. The van der Waals surface area contributed by atoms with Crippen molar-refractivity contribution in [1.29, 1.82) is 0 Å². The van der Waals surface area contributed by atoms with E-state index in [1.807, 2.05) is 0 Å². The molecule has 7 nitrogen and oxygen atoms in total. The van der Waals surface area contributed by atoms with E-state index < -0.39 is 10.0 Å². The second-order valence-electron chi connectivity index (χ2n) is 4.94. The lowest BCUT2D eigenvalue weighted by molar-refractivity contribution is 0.0376. The van der Waals surface area contributed by atoms with Crippen LogP contribution >= 0.6 is 12.4 Å². The fraction of sp³-hybridized carbons (Fsp3) is 0.750. The van der Waals surface area contributed by atoms with Crippen LogP contribution in [0.1, 0.15) is 12.2 Å². The average molecular weight is 339 g/mol. The Morgan fingerprint density at radius 3 is 2.62 bits per heavy atom. The van der Waals surface area contributed by atoms with Gasteiger partial charge in [0.25, 0.3) is 10.0 Å². The minimum absolute atomic E-state index is 0. The number of aryl methyl sites for hydroxylation is 2. The van der Waals surface area contributed by atoms with Crippen molar-refractivity contribution in [1.82, 2.24) is 19.2 Å². The molecule has 0 spiro atoms. The molecule has 0 unspecified atom stereocenters. The monoisotopic (exact) mass is 338 g/mol. The SMILES string of the molecule is Cc1nc(S(=O)(=O)NCCCN2CCOCC2)cn1C.Cl. The van der Waals surface area contributed by atoms with E-state index >= 15 is 0 Å². The Bertz CT molecular complexity index is 521. The van der Waals surface area contributed by atoms with Gasteiger partial charge in [-0.15, -0.1) is 12.4 Å². The molecule has 1 aromatic rings. The summed E-state index contributed by atoms with van der Waals surface area (Å²) >= 11 is 0. The lowest BCUT2D eigenvalue weighted by Gasteiger charge is -2.26. The van der Waals surface area contributed by atoms with Crippen molar-refractivity contribution in [3.63, 3.8) is 0 Å². The summed E-state index contributed by atoms with van der Waals surface area (Å²) in [6.45, 7) is 6.45. The van der Waals surface area contributed by atoms with Gasteiger partial charge in [0, 0.05) is 32.9 Å². The van der Waals surface area contributed by atoms with E-state index in [1.165, 1.54) is 6.20 Å². The third-order valence-electron chi connectivity index (χ3n) is 3.41. The van der Waals surface area contributed by atoms with Crippen molar-refractivity contribution in [3.8, 4) is 0 Å². The van der Waals surface area contributed by atoms with Crippen molar-refractivity contribution >= 4 is 22.4 Å². The Morgan fingerprint density at radius 2 is 2.05 bits per heavy atom. The van der Waals surface area contributed by atoms with Gasteiger partial charge in [0.2, 0.25) is 0 Å². The highest BCUT2D eigenvalue weighted by molar-refractivity contribution is 7.89. The first-order valence-corrected chi connectivity index (χ1v) is 8.27. The minimum Gasteiger partial charge on any atom is -0.379 e. The first kappa shape index (κ1) is 18.4. The first-order chi connectivity index (χ1) is 9.49. The molecule has 1 fully saturated rings. The second-order valence-corrected chi connectivity index (χ2v) is 6.66. The second kappa shape index (κ2) is 8.09. The molecule has 21 heavy (non-hydrogen) atoms. The van der Waals surface area contributed by atoms with E-state index in [0.29, 0.717) is 12.4 Å². The molecule has 9 heteroatoms. The standard InChI is InChI=1S/C12H22N4O3S.ClH/c1-11-14-12(10-15(11)2)20(17,18)13-4-3-5-16-6-8-19-9-7-16;/h10,13H,3-9H2,1-2H3;1H. The molecule has 0 aliphatic carbocycles. The molecule has 122 valence electrons. The molecule has 1 aromatic heterocycles. The number of nitrogens with zero attached hydrogens (tertiary/aromatic N) is 3. The van der Waals surface area contributed by atoms with Crippen LogP contribution in [-0.2, 0) is 21.8 Å². The molecule has 1 saturated heterocycles. The molecule has 2 rings (SSSR count). The number of imidazole rings is 1. The van der Waals surface area contributed by atoms with E-state index in [1.54, 1.807) is 18.5 Å². The quantitative estimate of drug-likeness (QED) is 0.747. The van der Waals surface area contributed by atoms with Crippen LogP contribution in [0.5, 0.6) is 0 Å². The van der Waals surface area contributed by atoms with Gasteiger partial charge in [-0.3, -0.25) is 4.90 Å². The van der Waals surface area contributed by atoms with Gasteiger partial charge >= 0.3 is 0 Å². The van der Waals surface area contributed by atoms with Crippen LogP contribution in [0, 0.1) is 6.92 Å². The van der Waals surface area contributed by atoms with Crippen molar-refractivity contribution in [2.45, 2.75) is 18.4 Å². The van der Waals surface area contributed by atoms with E-state index in [-0.39, 0.29) is 17.4 Å². The Morgan fingerprint density at radius 1 is 1.38 bits per heavy atom. The largest absolute Gasteiger partial charge is 0.379 e. The number of aromatic nitrogens is 2. The van der Waals surface area contributed by atoms with Gasteiger partial charge < -0.3 is 9.30 Å². The highest BCUT2D eigenvalue weighted by Gasteiger charge is 2.18. The number of halogens is 1. The fourth-order valence-electron chi connectivity index (χ4n) is 2.06. The molecule has 0 radical (unpaired) electrons. The van der Waals surface area contributed by atoms with Crippen molar-refractivity contribution < 1.29 is 13.2 Å². The van der Waals surface area contributed by atoms with E-state index in [0.717, 1.165) is 39.3 Å². The Balaban J connectivity index is 0.00000220. The van der Waals surface area contributed by atoms with Gasteiger partial charge in [0.15, 0.2) is 5.03 Å². The van der Waals surface area contributed by atoms with E-state index in [2.05, 4.69) is 14.6 Å². The third kappa shape index (κ3) is 5.23. The zero-order valence-corrected chi connectivity index (χ0v) is 14.0. The Labute approximate surface area is 132 Å². The highest BCUT2D eigenvalue weighted by atomic mass is 35.5. The van der Waals surface area contributed by atoms with Gasteiger partial charge in [0.05, 0.1) is 13.2 Å². The number of morpholine rings is 1. The summed E-state index contributed by atoms with van der Waals surface area (Å²) in [5, 5.41) is 0.0869. The predicted octanol–water partition coefficient (Wildman–Crippen LogP) is 0.151. The summed E-state index contributed by atoms with van der Waals surface area (Å²) in [7, 11) is -1.71. The van der Waals surface area contributed by atoms with Gasteiger partial charge in [0.1, 0.15) is 5.82 Å². The predicted molar refractivity (Wildman–Crippen MR) is 82.3 cm³/mol. The zero-order chi connectivity index (χ0) is 14.6. The van der Waals surface area contributed by atoms with Crippen LogP contribution in [0.25, 0.3) is 0 Å². The van der Waals surface area contributed by atoms with Crippen molar-refractivity contribution in [3.05, 3.63) is 12.0 Å². The summed E-state index contributed by atoms with van der Waals surface area (Å²) in [5.74, 6) is 0.679. The van der Waals surface area contributed by atoms with Crippen LogP contribution in [0.3, 0.4) is 0 Å². The molecular weight excluding hydrogens is 316 g/mol. The van der Waals surface area contributed by atoms with Crippen LogP contribution in [0.15, 0.2) is 11.2 Å². The number of rotatable bonds is 6. The van der Waals surface area contributed by atoms with Gasteiger partial charge in [-0.2, -0.15) is 0 Å². The van der Waals surface area contributed by atoms with Crippen LogP contribution in [0.4, 0.5) is 0 Å². The van der Waals surface area contributed by atoms with E-state index in [4.69, 9.17) is 4.74 Å². The minimum atomic E-state index is -3.49. The molecule has 2 heterocycles. The lowest BCUT2D eigenvalue weighted by Crippen LogP contribution is -2.38. The van der Waals surface area contributed by atoms with Crippen molar-refractivity contribution in [2.75, 3.05) is 39.4 Å². The summed E-state index contributed by atoms with van der Waals surface area (Å²) in [6.07, 6.45) is 2.31. The third-order valence-corrected chi connectivity index (χ3v) is 4.74. The average Bonchev–Trinajstić information content (AvgIpc) is 2.77. The molecule has 0 atom stereocenters. The summed E-state index contributed by atoms with van der Waals surface area (Å²) in [5.41, 5.74) is 0. The summed E-state index contributed by atoms with van der Waals surface area (Å²) < 4.78 is 33.6. The first-order valence-electron chi connectivity index (χ1n) is 6.79. The Hall–Kier alpha value is -0.670. The number of hydrogen-bond acceptors (Lipinski definition) is 5. The maximum absolute atomic E-state index is 12.0. The molecule has 0 aromatic carbocycles. The number of hydrogen-bond donors (Lipinski definition) is 1. The van der Waals surface area contributed by atoms with Crippen LogP contribution < -0.4 is 4.72 Å². The number of sulfonamides is 1. The zero-order valence-electron chi connectivity index (χ0n) is 12.4.